The lowest BCUT2D eigenvalue weighted by atomic mass is 10.2. The Labute approximate surface area is 96.5 Å². The number of anilines is 1. The first-order valence-electron chi connectivity index (χ1n) is 4.47. The molecule has 0 atom stereocenters. The maximum Gasteiger partial charge on any atom is 0.122 e. The van der Waals surface area contributed by atoms with Crippen molar-refractivity contribution in [3.05, 3.63) is 22.7 Å². The van der Waals surface area contributed by atoms with Crippen molar-refractivity contribution in [2.75, 3.05) is 23.9 Å². The van der Waals surface area contributed by atoms with Crippen LogP contribution in [0.4, 0.5) is 5.69 Å². The standard InChI is InChI=1S/C10H12BrNOS/c1-13-10-3-7(11)2-8(4-10)12-9-5-14-6-9/h2-4,9,12H,5-6H2,1H3. The van der Waals surface area contributed by atoms with Crippen molar-refractivity contribution in [3.63, 3.8) is 0 Å². The molecule has 76 valence electrons. The molecular formula is C10H12BrNOS. The fourth-order valence-corrected chi connectivity index (χ4v) is 2.43. The first kappa shape index (κ1) is 10.2. The molecule has 1 aromatic carbocycles. The fourth-order valence-electron chi connectivity index (χ4n) is 1.32. The maximum atomic E-state index is 5.19. The van der Waals surface area contributed by atoms with Crippen molar-refractivity contribution in [3.8, 4) is 5.75 Å². The lowest BCUT2D eigenvalue weighted by Crippen LogP contribution is -2.33. The normalized spacial score (nSPS) is 16.1. The molecule has 1 aliphatic heterocycles. The topological polar surface area (TPSA) is 21.3 Å². The van der Waals surface area contributed by atoms with Gasteiger partial charge < -0.3 is 10.1 Å². The van der Waals surface area contributed by atoms with Crippen molar-refractivity contribution in [2.45, 2.75) is 6.04 Å². The largest absolute Gasteiger partial charge is 0.497 e. The van der Waals surface area contributed by atoms with E-state index in [2.05, 4.69) is 27.3 Å². The van der Waals surface area contributed by atoms with Gasteiger partial charge in [0.1, 0.15) is 5.75 Å². The molecule has 2 rings (SSSR count). The summed E-state index contributed by atoms with van der Waals surface area (Å²) in [5.74, 6) is 3.29. The second-order valence-corrected chi connectivity index (χ2v) is 5.25. The lowest BCUT2D eigenvalue weighted by molar-refractivity contribution is 0.414. The Hall–Kier alpha value is -0.350. The van der Waals surface area contributed by atoms with E-state index in [9.17, 15) is 0 Å². The summed E-state index contributed by atoms with van der Waals surface area (Å²) in [7, 11) is 1.69. The highest BCUT2D eigenvalue weighted by Gasteiger charge is 2.17. The van der Waals surface area contributed by atoms with Gasteiger partial charge in [0.15, 0.2) is 0 Å². The van der Waals surface area contributed by atoms with Crippen molar-refractivity contribution in [2.24, 2.45) is 0 Å². The van der Waals surface area contributed by atoms with Gasteiger partial charge in [0, 0.05) is 33.8 Å². The van der Waals surface area contributed by atoms with Crippen LogP contribution in [0, 0.1) is 0 Å². The molecule has 2 nitrogen and oxygen atoms in total. The summed E-state index contributed by atoms with van der Waals surface area (Å²) >= 11 is 5.43. The van der Waals surface area contributed by atoms with E-state index in [1.54, 1.807) is 7.11 Å². The number of hydrogen-bond donors (Lipinski definition) is 1. The first-order valence-corrected chi connectivity index (χ1v) is 6.41. The average molecular weight is 274 g/mol. The van der Waals surface area contributed by atoms with Gasteiger partial charge in [-0.3, -0.25) is 0 Å². The molecule has 0 spiro atoms. The number of rotatable bonds is 3. The number of methoxy groups -OCH3 is 1. The van der Waals surface area contributed by atoms with Crippen LogP contribution >= 0.6 is 27.7 Å². The van der Waals surface area contributed by atoms with Gasteiger partial charge in [-0.2, -0.15) is 11.8 Å². The minimum Gasteiger partial charge on any atom is -0.497 e. The summed E-state index contributed by atoms with van der Waals surface area (Å²) < 4.78 is 6.24. The highest BCUT2D eigenvalue weighted by molar-refractivity contribution is 9.10. The van der Waals surface area contributed by atoms with E-state index < -0.39 is 0 Å². The average Bonchev–Trinajstić information content (AvgIpc) is 2.10. The minimum absolute atomic E-state index is 0.624. The first-order chi connectivity index (χ1) is 6.78. The quantitative estimate of drug-likeness (QED) is 0.915. The summed E-state index contributed by atoms with van der Waals surface area (Å²) in [4.78, 5) is 0. The van der Waals surface area contributed by atoms with Crippen molar-refractivity contribution in [1.29, 1.82) is 0 Å². The maximum absolute atomic E-state index is 5.19. The molecule has 0 radical (unpaired) electrons. The predicted octanol–water partition coefficient (Wildman–Crippen LogP) is 2.99. The van der Waals surface area contributed by atoms with Gasteiger partial charge in [0.2, 0.25) is 0 Å². The SMILES string of the molecule is COc1cc(Br)cc(NC2CSC2)c1. The van der Waals surface area contributed by atoms with Crippen LogP contribution in [0.25, 0.3) is 0 Å². The van der Waals surface area contributed by atoms with Crippen LogP contribution in [0.2, 0.25) is 0 Å². The third-order valence-electron chi connectivity index (χ3n) is 2.12. The van der Waals surface area contributed by atoms with Crippen LogP contribution in [0.15, 0.2) is 22.7 Å². The summed E-state index contributed by atoms with van der Waals surface area (Å²) in [6.45, 7) is 0. The van der Waals surface area contributed by atoms with Gasteiger partial charge >= 0.3 is 0 Å². The van der Waals surface area contributed by atoms with Gasteiger partial charge in [0.05, 0.1) is 7.11 Å². The zero-order chi connectivity index (χ0) is 9.97. The van der Waals surface area contributed by atoms with Crippen molar-refractivity contribution >= 4 is 33.4 Å². The molecule has 1 aromatic rings. The zero-order valence-corrected chi connectivity index (χ0v) is 10.3. The molecule has 0 bridgehead atoms. The molecule has 1 fully saturated rings. The van der Waals surface area contributed by atoms with E-state index in [0.717, 1.165) is 15.9 Å². The molecule has 1 heterocycles. The fraction of sp³-hybridized carbons (Fsp3) is 0.400. The molecule has 4 heteroatoms. The smallest absolute Gasteiger partial charge is 0.122 e. The predicted molar refractivity (Wildman–Crippen MR) is 65.4 cm³/mol. The lowest BCUT2D eigenvalue weighted by Gasteiger charge is -2.27. The van der Waals surface area contributed by atoms with Gasteiger partial charge in [-0.15, -0.1) is 0 Å². The van der Waals surface area contributed by atoms with E-state index in [1.807, 2.05) is 23.9 Å². The molecule has 0 amide bonds. The molecule has 1 N–H and O–H groups in total. The van der Waals surface area contributed by atoms with Gasteiger partial charge in [-0.25, -0.2) is 0 Å². The van der Waals surface area contributed by atoms with E-state index >= 15 is 0 Å². The van der Waals surface area contributed by atoms with Gasteiger partial charge in [-0.1, -0.05) is 15.9 Å². The number of halogens is 1. The second-order valence-electron chi connectivity index (χ2n) is 3.26. The Morgan fingerprint density at radius 3 is 2.79 bits per heavy atom. The van der Waals surface area contributed by atoms with Crippen LogP contribution in [0.3, 0.4) is 0 Å². The van der Waals surface area contributed by atoms with E-state index in [-0.39, 0.29) is 0 Å². The van der Waals surface area contributed by atoms with Gasteiger partial charge in [0.25, 0.3) is 0 Å². The Kier molecular flexibility index (Phi) is 3.23. The van der Waals surface area contributed by atoms with Gasteiger partial charge in [-0.05, 0) is 12.1 Å². The third kappa shape index (κ3) is 2.36. The van der Waals surface area contributed by atoms with Crippen LogP contribution in [0.1, 0.15) is 0 Å². The van der Waals surface area contributed by atoms with Crippen LogP contribution in [0.5, 0.6) is 5.75 Å². The second kappa shape index (κ2) is 4.45. The molecule has 0 saturated carbocycles. The van der Waals surface area contributed by atoms with Crippen LogP contribution in [-0.2, 0) is 0 Å². The van der Waals surface area contributed by atoms with Crippen molar-refractivity contribution in [1.82, 2.24) is 0 Å². The van der Waals surface area contributed by atoms with Crippen LogP contribution in [-0.4, -0.2) is 24.7 Å². The van der Waals surface area contributed by atoms with E-state index in [0.29, 0.717) is 6.04 Å². The molecule has 1 aliphatic rings. The van der Waals surface area contributed by atoms with E-state index in [1.165, 1.54) is 11.5 Å². The zero-order valence-electron chi connectivity index (χ0n) is 7.92. The number of thioether (sulfide) groups is 1. The number of ether oxygens (including phenoxy) is 1. The summed E-state index contributed by atoms with van der Waals surface area (Å²) in [6.07, 6.45) is 0. The molecule has 14 heavy (non-hydrogen) atoms. The van der Waals surface area contributed by atoms with Crippen LogP contribution < -0.4 is 10.1 Å². The van der Waals surface area contributed by atoms with E-state index in [4.69, 9.17) is 4.74 Å². The highest BCUT2D eigenvalue weighted by atomic mass is 79.9. The molecule has 0 aromatic heterocycles. The summed E-state index contributed by atoms with van der Waals surface area (Å²) in [5.41, 5.74) is 1.13. The Morgan fingerprint density at radius 2 is 2.21 bits per heavy atom. The Balaban J connectivity index is 2.11. The molecule has 1 saturated heterocycles. The molecular weight excluding hydrogens is 262 g/mol. The minimum atomic E-state index is 0.624. The Morgan fingerprint density at radius 1 is 1.43 bits per heavy atom. The summed E-state index contributed by atoms with van der Waals surface area (Å²) in [6, 6.07) is 6.68. The molecule has 0 aliphatic carbocycles. The molecule has 0 unspecified atom stereocenters. The monoisotopic (exact) mass is 273 g/mol. The third-order valence-corrected chi connectivity index (χ3v) is 3.85. The Bertz CT molecular complexity index is 328. The number of hydrogen-bond acceptors (Lipinski definition) is 3. The number of nitrogens with one attached hydrogen (secondary N) is 1. The highest BCUT2D eigenvalue weighted by Crippen LogP contribution is 2.27. The summed E-state index contributed by atoms with van der Waals surface area (Å²) in [5, 5.41) is 3.46. The number of benzene rings is 1. The van der Waals surface area contributed by atoms with Crippen molar-refractivity contribution < 1.29 is 4.74 Å².